The van der Waals surface area contributed by atoms with Crippen molar-refractivity contribution in [1.82, 2.24) is 19.7 Å². The lowest BCUT2D eigenvalue weighted by molar-refractivity contribution is 0.0858. The zero-order valence-corrected chi connectivity index (χ0v) is 13.7. The number of nitrogens with zero attached hydrogens (tertiary/aromatic N) is 4. The van der Waals surface area contributed by atoms with Crippen LogP contribution in [-0.2, 0) is 24.4 Å². The van der Waals surface area contributed by atoms with Gasteiger partial charge in [-0.3, -0.25) is 9.67 Å². The van der Waals surface area contributed by atoms with Crippen LogP contribution in [0.5, 0.6) is 0 Å². The van der Waals surface area contributed by atoms with Gasteiger partial charge < -0.3 is 9.64 Å². The molecule has 0 spiro atoms. The Kier molecular flexibility index (Phi) is 4.16. The molecule has 2 aromatic heterocycles. The van der Waals surface area contributed by atoms with Crippen molar-refractivity contribution in [2.75, 3.05) is 6.54 Å². The van der Waals surface area contributed by atoms with E-state index in [0.29, 0.717) is 19.6 Å². The van der Waals surface area contributed by atoms with Crippen LogP contribution in [0.3, 0.4) is 0 Å². The highest BCUT2D eigenvalue weighted by molar-refractivity contribution is 5.68. The minimum atomic E-state index is -0.290. The molecule has 3 heterocycles. The highest BCUT2D eigenvalue weighted by Crippen LogP contribution is 2.22. The Morgan fingerprint density at radius 1 is 1.08 bits per heavy atom. The van der Waals surface area contributed by atoms with Gasteiger partial charge in [0.1, 0.15) is 6.61 Å². The molecule has 1 aliphatic heterocycles. The van der Waals surface area contributed by atoms with E-state index in [0.717, 1.165) is 22.5 Å². The van der Waals surface area contributed by atoms with Crippen molar-refractivity contribution in [3.05, 3.63) is 72.2 Å². The molecule has 6 heteroatoms. The summed E-state index contributed by atoms with van der Waals surface area (Å²) in [7, 11) is 0. The van der Waals surface area contributed by atoms with Crippen LogP contribution >= 0.6 is 0 Å². The first kappa shape index (κ1) is 15.4. The number of ether oxygens (including phenoxy) is 1. The fourth-order valence-corrected chi connectivity index (χ4v) is 2.90. The van der Waals surface area contributed by atoms with Crippen molar-refractivity contribution in [2.45, 2.75) is 19.7 Å². The molecule has 3 aromatic rings. The molecule has 4 rings (SSSR count). The number of pyridine rings is 1. The van der Waals surface area contributed by atoms with Crippen LogP contribution in [0.4, 0.5) is 4.79 Å². The molecule has 0 radical (unpaired) electrons. The molecular weight excluding hydrogens is 316 g/mol. The van der Waals surface area contributed by atoms with Crippen molar-refractivity contribution in [3.63, 3.8) is 0 Å². The Balaban J connectivity index is 1.42. The number of benzene rings is 1. The first-order valence-corrected chi connectivity index (χ1v) is 8.22. The molecule has 0 bridgehead atoms. The lowest BCUT2D eigenvalue weighted by Gasteiger charge is -2.26. The smallest absolute Gasteiger partial charge is 0.410 e. The molecule has 1 aromatic carbocycles. The molecule has 0 atom stereocenters. The van der Waals surface area contributed by atoms with E-state index in [1.54, 1.807) is 17.3 Å². The standard InChI is InChI=1S/C19H18N4O2/c24-19(25-14-15-4-2-1-3-5-15)22-10-11-23-17(13-22)12-18(21-23)16-6-8-20-9-7-16/h1-9,12H,10-11,13-14H2. The van der Waals surface area contributed by atoms with Crippen LogP contribution in [-0.4, -0.2) is 32.3 Å². The summed E-state index contributed by atoms with van der Waals surface area (Å²) in [5, 5.41) is 4.62. The summed E-state index contributed by atoms with van der Waals surface area (Å²) in [4.78, 5) is 18.1. The Morgan fingerprint density at radius 2 is 1.88 bits per heavy atom. The zero-order valence-electron chi connectivity index (χ0n) is 13.7. The first-order chi connectivity index (χ1) is 12.3. The summed E-state index contributed by atoms with van der Waals surface area (Å²) in [6.07, 6.45) is 3.21. The summed E-state index contributed by atoms with van der Waals surface area (Å²) < 4.78 is 7.38. The monoisotopic (exact) mass is 334 g/mol. The summed E-state index contributed by atoms with van der Waals surface area (Å²) >= 11 is 0. The van der Waals surface area contributed by atoms with Crippen molar-refractivity contribution in [3.8, 4) is 11.3 Å². The van der Waals surface area contributed by atoms with E-state index < -0.39 is 0 Å². The molecule has 25 heavy (non-hydrogen) atoms. The second-order valence-electron chi connectivity index (χ2n) is 5.94. The Bertz CT molecular complexity index is 862. The quantitative estimate of drug-likeness (QED) is 0.738. The molecule has 0 unspecified atom stereocenters. The maximum absolute atomic E-state index is 12.3. The van der Waals surface area contributed by atoms with E-state index in [1.807, 2.05) is 53.2 Å². The van der Waals surface area contributed by atoms with Gasteiger partial charge in [0.15, 0.2) is 0 Å². The SMILES string of the molecule is O=C(OCc1ccccc1)N1CCn2nc(-c3ccncc3)cc2C1. The van der Waals surface area contributed by atoms with E-state index in [4.69, 9.17) is 4.74 Å². The minimum absolute atomic E-state index is 0.289. The van der Waals surface area contributed by atoms with E-state index in [-0.39, 0.29) is 12.7 Å². The Morgan fingerprint density at radius 3 is 2.68 bits per heavy atom. The topological polar surface area (TPSA) is 60.2 Å². The van der Waals surface area contributed by atoms with Crippen LogP contribution in [0.25, 0.3) is 11.3 Å². The second kappa shape index (κ2) is 6.76. The fourth-order valence-electron chi connectivity index (χ4n) is 2.90. The molecule has 0 N–H and O–H groups in total. The molecule has 0 saturated carbocycles. The van der Waals surface area contributed by atoms with Crippen LogP contribution in [0.1, 0.15) is 11.3 Å². The van der Waals surface area contributed by atoms with E-state index in [1.165, 1.54) is 0 Å². The van der Waals surface area contributed by atoms with Crippen molar-refractivity contribution in [2.24, 2.45) is 0 Å². The molecular formula is C19H18N4O2. The summed E-state index contributed by atoms with van der Waals surface area (Å²) in [6, 6.07) is 15.6. The van der Waals surface area contributed by atoms with E-state index >= 15 is 0 Å². The van der Waals surface area contributed by atoms with Gasteiger partial charge in [0.05, 0.1) is 24.5 Å². The van der Waals surface area contributed by atoms with Gasteiger partial charge in [-0.15, -0.1) is 0 Å². The third-order valence-corrected chi connectivity index (χ3v) is 4.24. The van der Waals surface area contributed by atoms with Crippen molar-refractivity contribution in [1.29, 1.82) is 0 Å². The van der Waals surface area contributed by atoms with Crippen LogP contribution in [0.2, 0.25) is 0 Å². The van der Waals surface area contributed by atoms with Gasteiger partial charge in [-0.1, -0.05) is 30.3 Å². The van der Waals surface area contributed by atoms with E-state index in [2.05, 4.69) is 10.1 Å². The lowest BCUT2D eigenvalue weighted by atomic mass is 10.2. The summed E-state index contributed by atoms with van der Waals surface area (Å²) in [5.74, 6) is 0. The second-order valence-corrected chi connectivity index (χ2v) is 5.94. The van der Waals surface area contributed by atoms with Gasteiger partial charge >= 0.3 is 6.09 Å². The molecule has 1 amide bonds. The number of hydrogen-bond donors (Lipinski definition) is 0. The molecule has 6 nitrogen and oxygen atoms in total. The van der Waals surface area contributed by atoms with E-state index in [9.17, 15) is 4.79 Å². The number of carbonyl (C=O) groups is 1. The Hall–Kier alpha value is -3.15. The number of fused-ring (bicyclic) bond motifs is 1. The van der Waals surface area contributed by atoms with Gasteiger partial charge in [0, 0.05) is 24.5 Å². The summed E-state index contributed by atoms with van der Waals surface area (Å²) in [5.41, 5.74) is 3.92. The van der Waals surface area contributed by atoms with Crippen molar-refractivity contribution >= 4 is 6.09 Å². The van der Waals surface area contributed by atoms with Gasteiger partial charge in [-0.2, -0.15) is 5.10 Å². The average Bonchev–Trinajstić information content (AvgIpc) is 3.11. The summed E-state index contributed by atoms with van der Waals surface area (Å²) in [6.45, 7) is 2.06. The minimum Gasteiger partial charge on any atom is -0.445 e. The van der Waals surface area contributed by atoms with Gasteiger partial charge in [-0.25, -0.2) is 4.79 Å². The third-order valence-electron chi connectivity index (χ3n) is 4.24. The normalized spacial score (nSPS) is 13.4. The molecule has 1 aliphatic rings. The maximum atomic E-state index is 12.3. The fraction of sp³-hybridized carbons (Fsp3) is 0.211. The number of amides is 1. The van der Waals surface area contributed by atoms with Crippen LogP contribution in [0, 0.1) is 0 Å². The predicted octanol–water partition coefficient (Wildman–Crippen LogP) is 3.10. The van der Waals surface area contributed by atoms with Crippen molar-refractivity contribution < 1.29 is 9.53 Å². The number of aromatic nitrogens is 3. The molecule has 126 valence electrons. The Labute approximate surface area is 145 Å². The molecule has 0 saturated heterocycles. The van der Waals surface area contributed by atoms with Gasteiger partial charge in [0.25, 0.3) is 0 Å². The number of carbonyl (C=O) groups excluding carboxylic acids is 1. The molecule has 0 fully saturated rings. The largest absolute Gasteiger partial charge is 0.445 e. The van der Waals surface area contributed by atoms with Gasteiger partial charge in [0.2, 0.25) is 0 Å². The first-order valence-electron chi connectivity index (χ1n) is 8.22. The lowest BCUT2D eigenvalue weighted by Crippen LogP contribution is -2.38. The number of rotatable bonds is 3. The maximum Gasteiger partial charge on any atom is 0.410 e. The third kappa shape index (κ3) is 3.38. The highest BCUT2D eigenvalue weighted by Gasteiger charge is 2.23. The number of hydrogen-bond acceptors (Lipinski definition) is 4. The predicted molar refractivity (Wildman–Crippen MR) is 92.5 cm³/mol. The van der Waals surface area contributed by atoms with Crippen LogP contribution < -0.4 is 0 Å². The zero-order chi connectivity index (χ0) is 17.1. The average molecular weight is 334 g/mol. The van der Waals surface area contributed by atoms with Gasteiger partial charge in [-0.05, 0) is 23.8 Å². The highest BCUT2D eigenvalue weighted by atomic mass is 16.6. The molecule has 0 aliphatic carbocycles. The van der Waals surface area contributed by atoms with Crippen LogP contribution in [0.15, 0.2) is 60.9 Å².